The molecule has 0 N–H and O–H groups in total. The SMILES string of the molecule is CC(=O)N1c2ccccc2CCC1C#N. The summed E-state index contributed by atoms with van der Waals surface area (Å²) in [4.78, 5) is 13.1. The number of amides is 1. The first-order valence-corrected chi connectivity index (χ1v) is 5.01. The first-order valence-electron chi connectivity index (χ1n) is 5.01. The quantitative estimate of drug-likeness (QED) is 0.641. The van der Waals surface area contributed by atoms with Crippen molar-refractivity contribution in [1.82, 2.24) is 0 Å². The third kappa shape index (κ3) is 1.59. The van der Waals surface area contributed by atoms with Gasteiger partial charge < -0.3 is 0 Å². The van der Waals surface area contributed by atoms with E-state index in [1.165, 1.54) is 6.92 Å². The molecule has 0 aromatic heterocycles. The summed E-state index contributed by atoms with van der Waals surface area (Å²) < 4.78 is 0. The van der Waals surface area contributed by atoms with E-state index < -0.39 is 0 Å². The summed E-state index contributed by atoms with van der Waals surface area (Å²) in [5.41, 5.74) is 2.04. The molecule has 3 heteroatoms. The molecule has 1 aliphatic rings. The molecule has 0 bridgehead atoms. The maximum absolute atomic E-state index is 11.5. The van der Waals surface area contributed by atoms with Crippen molar-refractivity contribution in [2.45, 2.75) is 25.8 Å². The number of fused-ring (bicyclic) bond motifs is 1. The molecule has 15 heavy (non-hydrogen) atoms. The van der Waals surface area contributed by atoms with Gasteiger partial charge in [0.15, 0.2) is 0 Å². The normalized spacial score (nSPS) is 19.2. The minimum atomic E-state index is -0.308. The molecule has 3 nitrogen and oxygen atoms in total. The molecule has 1 aromatic rings. The van der Waals surface area contributed by atoms with Crippen LogP contribution >= 0.6 is 0 Å². The Morgan fingerprint density at radius 1 is 1.53 bits per heavy atom. The number of carbonyl (C=O) groups excluding carboxylic acids is 1. The van der Waals surface area contributed by atoms with E-state index in [9.17, 15) is 4.79 Å². The number of nitriles is 1. The maximum atomic E-state index is 11.5. The minimum absolute atomic E-state index is 0.0614. The van der Waals surface area contributed by atoms with Gasteiger partial charge in [0.2, 0.25) is 5.91 Å². The van der Waals surface area contributed by atoms with Crippen LogP contribution in [0.15, 0.2) is 24.3 Å². The zero-order chi connectivity index (χ0) is 10.8. The van der Waals surface area contributed by atoms with Gasteiger partial charge in [0, 0.05) is 12.6 Å². The molecule has 1 aliphatic heterocycles. The lowest BCUT2D eigenvalue weighted by Gasteiger charge is -2.32. The number of rotatable bonds is 0. The van der Waals surface area contributed by atoms with Gasteiger partial charge in [-0.15, -0.1) is 0 Å². The van der Waals surface area contributed by atoms with Crippen LogP contribution in [0.4, 0.5) is 5.69 Å². The summed E-state index contributed by atoms with van der Waals surface area (Å²) in [6, 6.07) is 9.65. The van der Waals surface area contributed by atoms with E-state index in [1.54, 1.807) is 4.90 Å². The zero-order valence-electron chi connectivity index (χ0n) is 8.60. The summed E-state index contributed by atoms with van der Waals surface area (Å²) >= 11 is 0. The van der Waals surface area contributed by atoms with Crippen LogP contribution in [0.1, 0.15) is 18.9 Å². The van der Waals surface area contributed by atoms with Crippen LogP contribution in [-0.4, -0.2) is 11.9 Å². The van der Waals surface area contributed by atoms with Gasteiger partial charge in [-0.2, -0.15) is 5.26 Å². The maximum Gasteiger partial charge on any atom is 0.225 e. The number of carbonyl (C=O) groups is 1. The molecule has 1 aromatic carbocycles. The Kier molecular flexibility index (Phi) is 2.42. The van der Waals surface area contributed by atoms with E-state index >= 15 is 0 Å². The van der Waals surface area contributed by atoms with Crippen LogP contribution in [0, 0.1) is 11.3 Å². The molecule has 0 aliphatic carbocycles. The summed E-state index contributed by atoms with van der Waals surface area (Å²) in [5, 5.41) is 8.99. The van der Waals surface area contributed by atoms with Crippen LogP contribution in [0.25, 0.3) is 0 Å². The van der Waals surface area contributed by atoms with Gasteiger partial charge >= 0.3 is 0 Å². The lowest BCUT2D eigenvalue weighted by atomic mass is 9.96. The van der Waals surface area contributed by atoms with Crippen LogP contribution < -0.4 is 4.90 Å². The summed E-state index contributed by atoms with van der Waals surface area (Å²) in [5.74, 6) is -0.0614. The molecule has 0 radical (unpaired) electrons. The van der Waals surface area contributed by atoms with Crippen molar-refractivity contribution in [2.75, 3.05) is 4.90 Å². The van der Waals surface area contributed by atoms with Crippen LogP contribution in [-0.2, 0) is 11.2 Å². The fourth-order valence-corrected chi connectivity index (χ4v) is 2.06. The number of nitrogens with zero attached hydrogens (tertiary/aromatic N) is 2. The Bertz CT molecular complexity index is 433. The summed E-state index contributed by atoms with van der Waals surface area (Å²) in [6.07, 6.45) is 1.60. The number of hydrogen-bond donors (Lipinski definition) is 0. The Hall–Kier alpha value is -1.82. The van der Waals surface area contributed by atoms with Gasteiger partial charge in [0.05, 0.1) is 6.07 Å². The minimum Gasteiger partial charge on any atom is -0.296 e. The van der Waals surface area contributed by atoms with Crippen molar-refractivity contribution in [1.29, 1.82) is 5.26 Å². The Labute approximate surface area is 88.9 Å². The highest BCUT2D eigenvalue weighted by Gasteiger charge is 2.28. The number of para-hydroxylation sites is 1. The van der Waals surface area contributed by atoms with Gasteiger partial charge in [0.25, 0.3) is 0 Å². The Morgan fingerprint density at radius 2 is 2.27 bits per heavy atom. The third-order valence-corrected chi connectivity index (χ3v) is 2.74. The van der Waals surface area contributed by atoms with Crippen LogP contribution in [0.2, 0.25) is 0 Å². The first-order chi connectivity index (χ1) is 7.24. The topological polar surface area (TPSA) is 44.1 Å². The predicted octanol–water partition coefficient (Wildman–Crippen LogP) is 1.88. The van der Waals surface area contributed by atoms with E-state index in [2.05, 4.69) is 6.07 Å². The molecular weight excluding hydrogens is 188 g/mol. The molecule has 0 fully saturated rings. The van der Waals surface area contributed by atoms with Gasteiger partial charge in [-0.05, 0) is 24.5 Å². The molecule has 1 atom stereocenters. The molecule has 76 valence electrons. The first kappa shape index (κ1) is 9.72. The smallest absolute Gasteiger partial charge is 0.225 e. The number of hydrogen-bond acceptors (Lipinski definition) is 2. The van der Waals surface area contributed by atoms with Crippen molar-refractivity contribution in [2.24, 2.45) is 0 Å². The van der Waals surface area contributed by atoms with Gasteiger partial charge in [-0.3, -0.25) is 9.69 Å². The van der Waals surface area contributed by atoms with E-state index in [-0.39, 0.29) is 11.9 Å². The van der Waals surface area contributed by atoms with Crippen molar-refractivity contribution in [3.05, 3.63) is 29.8 Å². The number of benzene rings is 1. The van der Waals surface area contributed by atoms with Crippen molar-refractivity contribution in [3.8, 4) is 6.07 Å². The van der Waals surface area contributed by atoms with Crippen LogP contribution in [0.3, 0.4) is 0 Å². The largest absolute Gasteiger partial charge is 0.296 e. The average molecular weight is 200 g/mol. The highest BCUT2D eigenvalue weighted by molar-refractivity contribution is 5.94. The van der Waals surface area contributed by atoms with E-state index in [4.69, 9.17) is 5.26 Å². The standard InChI is InChI=1S/C12H12N2O/c1-9(15)14-11(8-13)7-6-10-4-2-3-5-12(10)14/h2-5,11H,6-7H2,1H3. The molecular formula is C12H12N2O. The average Bonchev–Trinajstić information content (AvgIpc) is 2.27. The molecule has 0 spiro atoms. The molecule has 1 amide bonds. The molecule has 0 saturated carbocycles. The van der Waals surface area contributed by atoms with Crippen molar-refractivity contribution in [3.63, 3.8) is 0 Å². The number of aryl methyl sites for hydroxylation is 1. The lowest BCUT2D eigenvalue weighted by molar-refractivity contribution is -0.116. The molecule has 2 rings (SSSR count). The lowest BCUT2D eigenvalue weighted by Crippen LogP contribution is -2.41. The Morgan fingerprint density at radius 3 is 2.93 bits per heavy atom. The summed E-state index contributed by atoms with van der Waals surface area (Å²) in [6.45, 7) is 1.51. The predicted molar refractivity (Wildman–Crippen MR) is 57.3 cm³/mol. The van der Waals surface area contributed by atoms with Crippen molar-refractivity contribution >= 4 is 11.6 Å². The monoisotopic (exact) mass is 200 g/mol. The van der Waals surface area contributed by atoms with Gasteiger partial charge in [0.1, 0.15) is 6.04 Å². The van der Waals surface area contributed by atoms with E-state index in [1.807, 2.05) is 24.3 Å². The third-order valence-electron chi connectivity index (χ3n) is 2.74. The summed E-state index contributed by atoms with van der Waals surface area (Å²) in [7, 11) is 0. The second kappa shape index (κ2) is 3.74. The fraction of sp³-hybridized carbons (Fsp3) is 0.333. The zero-order valence-corrected chi connectivity index (χ0v) is 8.60. The highest BCUT2D eigenvalue weighted by atomic mass is 16.2. The van der Waals surface area contributed by atoms with Gasteiger partial charge in [-0.1, -0.05) is 18.2 Å². The Balaban J connectivity index is 2.48. The molecule has 0 saturated heterocycles. The van der Waals surface area contributed by atoms with E-state index in [0.29, 0.717) is 0 Å². The highest BCUT2D eigenvalue weighted by Crippen LogP contribution is 2.30. The van der Waals surface area contributed by atoms with Crippen LogP contribution in [0.5, 0.6) is 0 Å². The fourth-order valence-electron chi connectivity index (χ4n) is 2.06. The second-order valence-electron chi connectivity index (χ2n) is 3.70. The number of anilines is 1. The van der Waals surface area contributed by atoms with Gasteiger partial charge in [-0.25, -0.2) is 0 Å². The molecule has 1 heterocycles. The molecule has 1 unspecified atom stereocenters. The second-order valence-corrected chi connectivity index (χ2v) is 3.70. The van der Waals surface area contributed by atoms with E-state index in [0.717, 1.165) is 24.1 Å². The van der Waals surface area contributed by atoms with Crippen molar-refractivity contribution < 1.29 is 4.79 Å².